The largest absolute Gasteiger partial charge is 0.383 e. The van der Waals surface area contributed by atoms with Gasteiger partial charge in [0.1, 0.15) is 0 Å². The molecule has 1 saturated carbocycles. The van der Waals surface area contributed by atoms with Crippen molar-refractivity contribution in [1.82, 2.24) is 5.32 Å². The van der Waals surface area contributed by atoms with Crippen LogP contribution in [-0.4, -0.2) is 44.6 Å². The Balaban J connectivity index is 1.92. The van der Waals surface area contributed by atoms with E-state index in [9.17, 15) is 0 Å². The summed E-state index contributed by atoms with van der Waals surface area (Å²) in [5.74, 6) is 0.678. The van der Waals surface area contributed by atoms with Gasteiger partial charge in [0, 0.05) is 26.8 Å². The zero-order valence-corrected chi connectivity index (χ0v) is 11.1. The molecule has 4 nitrogen and oxygen atoms in total. The Morgan fingerprint density at radius 1 is 1.53 bits per heavy atom. The van der Waals surface area contributed by atoms with Gasteiger partial charge in [0.15, 0.2) is 0 Å². The number of hydrogen-bond acceptors (Lipinski definition) is 4. The predicted molar refractivity (Wildman–Crippen MR) is 68.0 cm³/mol. The molecule has 1 aliphatic heterocycles. The molecule has 2 fully saturated rings. The SMILES string of the molecule is COCC(CN)(NCC1(C)CCCO1)C1CC1. The van der Waals surface area contributed by atoms with Crippen molar-refractivity contribution in [1.29, 1.82) is 0 Å². The van der Waals surface area contributed by atoms with Crippen LogP contribution >= 0.6 is 0 Å². The molecule has 0 bridgehead atoms. The first-order chi connectivity index (χ1) is 8.14. The summed E-state index contributed by atoms with van der Waals surface area (Å²) in [5.41, 5.74) is 5.93. The molecule has 4 heteroatoms. The molecule has 0 aromatic carbocycles. The minimum absolute atomic E-state index is 0.0109. The maximum absolute atomic E-state index is 5.98. The summed E-state index contributed by atoms with van der Waals surface area (Å²) in [7, 11) is 1.75. The first-order valence-electron chi connectivity index (χ1n) is 6.72. The smallest absolute Gasteiger partial charge is 0.0779 e. The minimum atomic E-state index is -0.0380. The van der Waals surface area contributed by atoms with Crippen LogP contribution in [0.3, 0.4) is 0 Å². The lowest BCUT2D eigenvalue weighted by Crippen LogP contribution is -2.59. The van der Waals surface area contributed by atoms with E-state index in [1.54, 1.807) is 7.11 Å². The zero-order valence-electron chi connectivity index (χ0n) is 11.1. The molecule has 0 spiro atoms. The summed E-state index contributed by atoms with van der Waals surface area (Å²) in [5, 5.41) is 3.65. The maximum Gasteiger partial charge on any atom is 0.0779 e. The molecular formula is C13H26N2O2. The number of rotatable bonds is 7. The van der Waals surface area contributed by atoms with Crippen LogP contribution < -0.4 is 11.1 Å². The van der Waals surface area contributed by atoms with Crippen molar-refractivity contribution in [2.24, 2.45) is 11.7 Å². The Kier molecular flexibility index (Phi) is 4.08. The van der Waals surface area contributed by atoms with Gasteiger partial charge in [-0.1, -0.05) is 0 Å². The van der Waals surface area contributed by atoms with Crippen molar-refractivity contribution in [2.75, 3.05) is 33.4 Å². The first-order valence-corrected chi connectivity index (χ1v) is 6.72. The van der Waals surface area contributed by atoms with Gasteiger partial charge in [0.2, 0.25) is 0 Å². The Morgan fingerprint density at radius 2 is 2.29 bits per heavy atom. The highest BCUT2D eigenvalue weighted by Crippen LogP contribution is 2.40. The highest BCUT2D eigenvalue weighted by molar-refractivity contribution is 5.03. The summed E-state index contributed by atoms with van der Waals surface area (Å²) >= 11 is 0. The zero-order chi connectivity index (χ0) is 12.4. The van der Waals surface area contributed by atoms with Crippen LogP contribution in [0.25, 0.3) is 0 Å². The molecule has 0 amide bonds. The van der Waals surface area contributed by atoms with Crippen LogP contribution in [0.4, 0.5) is 0 Å². The van der Waals surface area contributed by atoms with Gasteiger partial charge in [-0.05, 0) is 38.5 Å². The maximum atomic E-state index is 5.98. The Bertz CT molecular complexity index is 250. The number of ether oxygens (including phenoxy) is 2. The summed E-state index contributed by atoms with van der Waals surface area (Å²) < 4.78 is 11.2. The second-order valence-electron chi connectivity index (χ2n) is 5.82. The van der Waals surface area contributed by atoms with E-state index in [0.717, 1.165) is 19.6 Å². The van der Waals surface area contributed by atoms with E-state index in [1.807, 2.05) is 0 Å². The van der Waals surface area contributed by atoms with E-state index in [1.165, 1.54) is 19.3 Å². The Morgan fingerprint density at radius 3 is 2.76 bits per heavy atom. The molecule has 2 atom stereocenters. The fourth-order valence-corrected chi connectivity index (χ4v) is 2.84. The van der Waals surface area contributed by atoms with Gasteiger partial charge in [-0.15, -0.1) is 0 Å². The third-order valence-electron chi connectivity index (χ3n) is 4.24. The summed E-state index contributed by atoms with van der Waals surface area (Å²) in [6.07, 6.45) is 4.84. The van der Waals surface area contributed by atoms with Crippen LogP contribution in [0.5, 0.6) is 0 Å². The second kappa shape index (κ2) is 5.22. The molecule has 2 unspecified atom stereocenters. The van der Waals surface area contributed by atoms with Crippen LogP contribution in [-0.2, 0) is 9.47 Å². The molecule has 1 aliphatic carbocycles. The first kappa shape index (κ1) is 13.3. The highest BCUT2D eigenvalue weighted by Gasteiger charge is 2.45. The van der Waals surface area contributed by atoms with Crippen molar-refractivity contribution in [2.45, 2.75) is 43.7 Å². The van der Waals surface area contributed by atoms with Gasteiger partial charge >= 0.3 is 0 Å². The molecule has 1 saturated heterocycles. The van der Waals surface area contributed by atoms with E-state index in [0.29, 0.717) is 19.1 Å². The molecule has 2 rings (SSSR count). The predicted octanol–water partition coefficient (Wildman–Crippen LogP) is 0.899. The standard InChI is InChI=1S/C13H26N2O2/c1-12(6-3-7-17-12)9-15-13(8-14,10-16-2)11-4-5-11/h11,15H,3-10,14H2,1-2H3. The fraction of sp³-hybridized carbons (Fsp3) is 1.00. The van der Waals surface area contributed by atoms with E-state index < -0.39 is 0 Å². The monoisotopic (exact) mass is 242 g/mol. The van der Waals surface area contributed by atoms with Crippen molar-refractivity contribution in [3.05, 3.63) is 0 Å². The van der Waals surface area contributed by atoms with E-state index >= 15 is 0 Å². The average molecular weight is 242 g/mol. The van der Waals surface area contributed by atoms with Crippen molar-refractivity contribution in [3.8, 4) is 0 Å². The molecule has 0 aromatic heterocycles. The van der Waals surface area contributed by atoms with Gasteiger partial charge in [0.05, 0.1) is 17.7 Å². The highest BCUT2D eigenvalue weighted by atomic mass is 16.5. The van der Waals surface area contributed by atoms with Gasteiger partial charge in [-0.2, -0.15) is 0 Å². The topological polar surface area (TPSA) is 56.5 Å². The van der Waals surface area contributed by atoms with Crippen LogP contribution in [0.2, 0.25) is 0 Å². The summed E-state index contributed by atoms with van der Waals surface area (Å²) in [4.78, 5) is 0. The van der Waals surface area contributed by atoms with E-state index in [-0.39, 0.29) is 11.1 Å². The molecule has 0 radical (unpaired) electrons. The third-order valence-corrected chi connectivity index (χ3v) is 4.24. The molecule has 3 N–H and O–H groups in total. The molecular weight excluding hydrogens is 216 g/mol. The molecule has 2 aliphatic rings. The average Bonchev–Trinajstić information content (AvgIpc) is 3.09. The number of nitrogens with two attached hydrogens (primary N) is 1. The summed E-state index contributed by atoms with van der Waals surface area (Å²) in [6.45, 7) is 5.30. The lowest BCUT2D eigenvalue weighted by Gasteiger charge is -2.37. The molecule has 0 aromatic rings. The second-order valence-corrected chi connectivity index (χ2v) is 5.82. The van der Waals surface area contributed by atoms with Gasteiger partial charge in [-0.25, -0.2) is 0 Å². The fourth-order valence-electron chi connectivity index (χ4n) is 2.84. The number of methoxy groups -OCH3 is 1. The molecule has 100 valence electrons. The minimum Gasteiger partial charge on any atom is -0.383 e. The Labute approximate surface area is 104 Å². The van der Waals surface area contributed by atoms with Crippen molar-refractivity contribution < 1.29 is 9.47 Å². The summed E-state index contributed by atoms with van der Waals surface area (Å²) in [6, 6.07) is 0. The normalized spacial score (nSPS) is 32.6. The quantitative estimate of drug-likeness (QED) is 0.696. The van der Waals surface area contributed by atoms with Crippen LogP contribution in [0.1, 0.15) is 32.6 Å². The third kappa shape index (κ3) is 2.99. The lowest BCUT2D eigenvalue weighted by atomic mass is 9.92. The molecule has 1 heterocycles. The number of nitrogens with one attached hydrogen (secondary N) is 1. The van der Waals surface area contributed by atoms with E-state index in [2.05, 4.69) is 12.2 Å². The van der Waals surface area contributed by atoms with E-state index in [4.69, 9.17) is 15.2 Å². The van der Waals surface area contributed by atoms with Crippen LogP contribution in [0, 0.1) is 5.92 Å². The van der Waals surface area contributed by atoms with Crippen molar-refractivity contribution in [3.63, 3.8) is 0 Å². The molecule has 17 heavy (non-hydrogen) atoms. The van der Waals surface area contributed by atoms with Gasteiger partial charge in [0.25, 0.3) is 0 Å². The Hall–Kier alpha value is -0.160. The van der Waals surface area contributed by atoms with Gasteiger partial charge < -0.3 is 20.5 Å². The van der Waals surface area contributed by atoms with Crippen molar-refractivity contribution >= 4 is 0 Å². The van der Waals surface area contributed by atoms with Crippen LogP contribution in [0.15, 0.2) is 0 Å². The van der Waals surface area contributed by atoms with Gasteiger partial charge in [-0.3, -0.25) is 0 Å². The lowest BCUT2D eigenvalue weighted by molar-refractivity contribution is 0.00517. The number of hydrogen-bond donors (Lipinski definition) is 2.